The van der Waals surface area contributed by atoms with E-state index in [0.717, 1.165) is 19.0 Å². The predicted octanol–water partition coefficient (Wildman–Crippen LogP) is 2.38. The average molecular weight is 211 g/mol. The van der Waals surface area contributed by atoms with Gasteiger partial charge in [0, 0.05) is 5.41 Å². The first-order chi connectivity index (χ1) is 6.58. The maximum absolute atomic E-state index is 3.41. The lowest BCUT2D eigenvalue weighted by atomic mass is 9.98. The highest BCUT2D eigenvalue weighted by Crippen LogP contribution is 2.22. The molecule has 0 spiro atoms. The van der Waals surface area contributed by atoms with Gasteiger partial charge in [0.2, 0.25) is 0 Å². The molecule has 0 aromatic rings. The molecule has 1 saturated heterocycles. The highest BCUT2D eigenvalue weighted by molar-refractivity contribution is 7.99. The summed E-state index contributed by atoms with van der Waals surface area (Å²) in [7, 11) is 0. The van der Waals surface area contributed by atoms with Crippen LogP contribution in [0.4, 0.5) is 0 Å². The maximum Gasteiger partial charge on any atom is 0.0576 e. The van der Waals surface area contributed by atoms with Gasteiger partial charge < -0.3 is 5.32 Å². The zero-order valence-electron chi connectivity index (χ0n) is 9.52. The van der Waals surface area contributed by atoms with Crippen molar-refractivity contribution in [2.24, 2.45) is 11.3 Å². The van der Waals surface area contributed by atoms with Crippen molar-refractivity contribution >= 4 is 11.8 Å². The number of rotatable bonds is 3. The molecule has 1 heterocycles. The van der Waals surface area contributed by atoms with Crippen molar-refractivity contribution in [3.63, 3.8) is 0 Å². The second-order valence-electron chi connectivity index (χ2n) is 4.91. The third kappa shape index (κ3) is 5.57. The van der Waals surface area contributed by atoms with E-state index in [0.29, 0.717) is 0 Å². The van der Waals surface area contributed by atoms with E-state index in [-0.39, 0.29) is 5.41 Å². The molecule has 1 atom stereocenters. The standard InChI is InChI=1S/C12H21NS/c1-12(2,3)6-4-7-13-9-11-5-8-14-10-11/h11,13H,5,7-10H2,1-3H3. The molecule has 0 aromatic heterocycles. The van der Waals surface area contributed by atoms with E-state index in [1.807, 2.05) is 0 Å². The number of thioether (sulfide) groups is 1. The van der Waals surface area contributed by atoms with E-state index in [9.17, 15) is 0 Å². The largest absolute Gasteiger partial charge is 0.306 e. The van der Waals surface area contributed by atoms with Gasteiger partial charge in [-0.3, -0.25) is 0 Å². The maximum atomic E-state index is 3.41. The van der Waals surface area contributed by atoms with Crippen LogP contribution in [0, 0.1) is 23.2 Å². The Morgan fingerprint density at radius 1 is 1.43 bits per heavy atom. The van der Waals surface area contributed by atoms with Crippen LogP contribution in [0.3, 0.4) is 0 Å². The lowest BCUT2D eigenvalue weighted by molar-refractivity contribution is 0.543. The molecule has 1 aliphatic rings. The highest BCUT2D eigenvalue weighted by Gasteiger charge is 2.13. The van der Waals surface area contributed by atoms with Crippen LogP contribution >= 0.6 is 11.8 Å². The summed E-state index contributed by atoms with van der Waals surface area (Å²) in [4.78, 5) is 0. The molecule has 1 rings (SSSR count). The molecule has 1 N–H and O–H groups in total. The topological polar surface area (TPSA) is 12.0 Å². The van der Waals surface area contributed by atoms with Gasteiger partial charge in [0.05, 0.1) is 6.54 Å². The first-order valence-electron chi connectivity index (χ1n) is 5.36. The first kappa shape index (κ1) is 11.9. The van der Waals surface area contributed by atoms with Crippen molar-refractivity contribution in [1.29, 1.82) is 0 Å². The summed E-state index contributed by atoms with van der Waals surface area (Å²) in [6.07, 6.45) is 1.38. The summed E-state index contributed by atoms with van der Waals surface area (Å²) < 4.78 is 0. The van der Waals surface area contributed by atoms with Crippen LogP contribution in [-0.2, 0) is 0 Å². The summed E-state index contributed by atoms with van der Waals surface area (Å²) in [6.45, 7) is 8.43. The fraction of sp³-hybridized carbons (Fsp3) is 0.833. The van der Waals surface area contributed by atoms with Gasteiger partial charge in [0.25, 0.3) is 0 Å². The smallest absolute Gasteiger partial charge is 0.0576 e. The second kappa shape index (κ2) is 5.68. The lowest BCUT2D eigenvalue weighted by Crippen LogP contribution is -2.23. The Bertz CT molecular complexity index is 213. The van der Waals surface area contributed by atoms with E-state index >= 15 is 0 Å². The molecule has 14 heavy (non-hydrogen) atoms. The molecule has 1 unspecified atom stereocenters. The van der Waals surface area contributed by atoms with Crippen molar-refractivity contribution in [3.05, 3.63) is 0 Å². The van der Waals surface area contributed by atoms with Crippen LogP contribution in [0.2, 0.25) is 0 Å². The van der Waals surface area contributed by atoms with Crippen LogP contribution < -0.4 is 5.32 Å². The molecule has 0 aliphatic carbocycles. The minimum absolute atomic E-state index is 0.144. The molecule has 2 heteroatoms. The number of hydrogen-bond acceptors (Lipinski definition) is 2. The molecule has 0 saturated carbocycles. The normalized spacial score (nSPS) is 21.8. The lowest BCUT2D eigenvalue weighted by Gasteiger charge is -2.08. The van der Waals surface area contributed by atoms with Crippen LogP contribution in [0.15, 0.2) is 0 Å². The highest BCUT2D eigenvalue weighted by atomic mass is 32.2. The van der Waals surface area contributed by atoms with E-state index in [2.05, 4.69) is 49.7 Å². The van der Waals surface area contributed by atoms with Gasteiger partial charge in [-0.05, 0) is 51.2 Å². The molecule has 0 bridgehead atoms. The fourth-order valence-electron chi connectivity index (χ4n) is 1.39. The summed E-state index contributed by atoms with van der Waals surface area (Å²) in [6, 6.07) is 0. The van der Waals surface area contributed by atoms with Crippen molar-refractivity contribution in [2.45, 2.75) is 27.2 Å². The second-order valence-corrected chi connectivity index (χ2v) is 6.06. The van der Waals surface area contributed by atoms with Gasteiger partial charge in [-0.25, -0.2) is 0 Å². The van der Waals surface area contributed by atoms with E-state index < -0.39 is 0 Å². The molecule has 0 amide bonds. The van der Waals surface area contributed by atoms with Gasteiger partial charge >= 0.3 is 0 Å². The Balaban J connectivity index is 2.05. The number of nitrogens with one attached hydrogen (secondary N) is 1. The van der Waals surface area contributed by atoms with Crippen LogP contribution in [0.25, 0.3) is 0 Å². The fourth-order valence-corrected chi connectivity index (χ4v) is 2.68. The van der Waals surface area contributed by atoms with E-state index in [1.54, 1.807) is 0 Å². The van der Waals surface area contributed by atoms with Crippen molar-refractivity contribution in [2.75, 3.05) is 24.6 Å². The molecular weight excluding hydrogens is 190 g/mol. The molecule has 0 radical (unpaired) electrons. The zero-order chi connectivity index (χ0) is 10.4. The Kier molecular flexibility index (Phi) is 4.84. The van der Waals surface area contributed by atoms with Crippen LogP contribution in [-0.4, -0.2) is 24.6 Å². The predicted molar refractivity (Wildman–Crippen MR) is 65.5 cm³/mol. The van der Waals surface area contributed by atoms with Crippen molar-refractivity contribution in [1.82, 2.24) is 5.32 Å². The van der Waals surface area contributed by atoms with Crippen molar-refractivity contribution in [3.8, 4) is 11.8 Å². The third-order valence-corrected chi connectivity index (χ3v) is 3.37. The van der Waals surface area contributed by atoms with Gasteiger partial charge in [0.15, 0.2) is 0 Å². The Hall–Kier alpha value is -0.130. The van der Waals surface area contributed by atoms with Gasteiger partial charge in [-0.2, -0.15) is 11.8 Å². The Morgan fingerprint density at radius 3 is 2.79 bits per heavy atom. The molecular formula is C12H21NS. The minimum atomic E-state index is 0.144. The molecule has 0 aromatic carbocycles. The molecule has 1 fully saturated rings. The van der Waals surface area contributed by atoms with Crippen LogP contribution in [0.1, 0.15) is 27.2 Å². The summed E-state index contributed by atoms with van der Waals surface area (Å²) in [5.74, 6) is 9.98. The molecule has 1 nitrogen and oxygen atoms in total. The molecule has 80 valence electrons. The monoisotopic (exact) mass is 211 g/mol. The first-order valence-corrected chi connectivity index (χ1v) is 6.52. The summed E-state index contributed by atoms with van der Waals surface area (Å²) in [5, 5.41) is 3.41. The third-order valence-electron chi connectivity index (χ3n) is 2.13. The minimum Gasteiger partial charge on any atom is -0.306 e. The van der Waals surface area contributed by atoms with Crippen molar-refractivity contribution < 1.29 is 0 Å². The SMILES string of the molecule is CC(C)(C)C#CCNCC1CCSC1. The van der Waals surface area contributed by atoms with E-state index in [4.69, 9.17) is 0 Å². The summed E-state index contributed by atoms with van der Waals surface area (Å²) >= 11 is 2.07. The summed E-state index contributed by atoms with van der Waals surface area (Å²) in [5.41, 5.74) is 0.144. The van der Waals surface area contributed by atoms with Gasteiger partial charge in [-0.15, -0.1) is 0 Å². The zero-order valence-corrected chi connectivity index (χ0v) is 10.3. The average Bonchev–Trinajstić information content (AvgIpc) is 2.54. The van der Waals surface area contributed by atoms with Gasteiger partial charge in [-0.1, -0.05) is 11.8 Å². The van der Waals surface area contributed by atoms with Crippen LogP contribution in [0.5, 0.6) is 0 Å². The quantitative estimate of drug-likeness (QED) is 0.568. The Labute approximate surface area is 92.4 Å². The number of hydrogen-bond donors (Lipinski definition) is 1. The Morgan fingerprint density at radius 2 is 2.21 bits per heavy atom. The van der Waals surface area contributed by atoms with Gasteiger partial charge in [0.1, 0.15) is 0 Å². The van der Waals surface area contributed by atoms with E-state index in [1.165, 1.54) is 17.9 Å². The molecule has 1 aliphatic heterocycles.